The highest BCUT2D eigenvalue weighted by molar-refractivity contribution is 8.00. The molecule has 1 aromatic rings. The van der Waals surface area contributed by atoms with Gasteiger partial charge in [0.15, 0.2) is 0 Å². The molecule has 1 fully saturated rings. The Hall–Kier alpha value is -0.710. The van der Waals surface area contributed by atoms with Crippen LogP contribution in [0.5, 0.6) is 0 Å². The number of para-hydroxylation sites is 1. The predicted molar refractivity (Wildman–Crippen MR) is 83.0 cm³/mol. The number of carbonyl (C=O) groups is 1. The zero-order valence-corrected chi connectivity index (χ0v) is 12.6. The van der Waals surface area contributed by atoms with Gasteiger partial charge in [0.25, 0.3) is 0 Å². The predicted octanol–water partition coefficient (Wildman–Crippen LogP) is 3.15. The first kappa shape index (κ1) is 14.7. The Bertz CT molecular complexity index is 447. The van der Waals surface area contributed by atoms with Crippen molar-refractivity contribution in [1.29, 1.82) is 0 Å². The summed E-state index contributed by atoms with van der Waals surface area (Å²) in [6.07, 6.45) is 2.49. The van der Waals surface area contributed by atoms with Gasteiger partial charge in [-0.15, -0.1) is 0 Å². The summed E-state index contributed by atoms with van der Waals surface area (Å²) < 4.78 is 0.282. The lowest BCUT2D eigenvalue weighted by Crippen LogP contribution is -2.37. The fourth-order valence-electron chi connectivity index (χ4n) is 2.17. The van der Waals surface area contributed by atoms with Crippen molar-refractivity contribution in [2.45, 2.75) is 24.5 Å². The maximum absolute atomic E-state index is 11.8. The van der Waals surface area contributed by atoms with E-state index in [9.17, 15) is 4.79 Å². The summed E-state index contributed by atoms with van der Waals surface area (Å²) in [6.45, 7) is 3.44. The van der Waals surface area contributed by atoms with Crippen molar-refractivity contribution < 1.29 is 4.79 Å². The standard InChI is InChI=1S/C14H19ClN2OS/c1-14(7-4-8-19-14)10-16-9-13(18)17-12-6-3-2-5-11(12)15/h2-3,5-6,16H,4,7-10H2,1H3,(H,17,18). The maximum atomic E-state index is 11.8. The van der Waals surface area contributed by atoms with Crippen LogP contribution in [0.1, 0.15) is 19.8 Å². The summed E-state index contributed by atoms with van der Waals surface area (Å²) in [6, 6.07) is 7.26. The van der Waals surface area contributed by atoms with E-state index in [0.29, 0.717) is 17.3 Å². The number of anilines is 1. The zero-order chi connectivity index (χ0) is 13.7. The molecule has 5 heteroatoms. The Morgan fingerprint density at radius 3 is 2.95 bits per heavy atom. The second-order valence-electron chi connectivity index (χ2n) is 5.03. The van der Waals surface area contributed by atoms with Crippen LogP contribution in [0.25, 0.3) is 0 Å². The maximum Gasteiger partial charge on any atom is 0.238 e. The molecule has 1 saturated heterocycles. The van der Waals surface area contributed by atoms with Gasteiger partial charge in [-0.2, -0.15) is 11.8 Å². The largest absolute Gasteiger partial charge is 0.324 e. The first-order chi connectivity index (χ1) is 9.09. The molecule has 0 bridgehead atoms. The molecule has 3 nitrogen and oxygen atoms in total. The number of benzene rings is 1. The van der Waals surface area contributed by atoms with Crippen molar-refractivity contribution in [2.24, 2.45) is 0 Å². The molecule has 1 aliphatic rings. The van der Waals surface area contributed by atoms with Gasteiger partial charge in [-0.3, -0.25) is 4.79 Å². The SMILES string of the molecule is CC1(CNCC(=O)Nc2ccccc2Cl)CCCS1. The summed E-state index contributed by atoms with van der Waals surface area (Å²) >= 11 is 7.98. The zero-order valence-electron chi connectivity index (χ0n) is 11.0. The minimum atomic E-state index is -0.0558. The first-order valence-electron chi connectivity index (χ1n) is 6.48. The Morgan fingerprint density at radius 2 is 2.26 bits per heavy atom. The second-order valence-corrected chi connectivity index (χ2v) is 7.12. The summed E-state index contributed by atoms with van der Waals surface area (Å²) in [5.74, 6) is 1.17. The molecule has 2 rings (SSSR count). The van der Waals surface area contributed by atoms with Crippen molar-refractivity contribution in [3.63, 3.8) is 0 Å². The Kier molecular flexibility index (Phi) is 5.13. The number of thioether (sulfide) groups is 1. The van der Waals surface area contributed by atoms with E-state index >= 15 is 0 Å². The minimum absolute atomic E-state index is 0.0558. The molecule has 0 radical (unpaired) electrons. The van der Waals surface area contributed by atoms with Crippen LogP contribution in [-0.2, 0) is 4.79 Å². The van der Waals surface area contributed by atoms with Crippen molar-refractivity contribution in [2.75, 3.05) is 24.2 Å². The molecular formula is C14H19ClN2OS. The molecule has 0 spiro atoms. The van der Waals surface area contributed by atoms with Crippen LogP contribution in [0.3, 0.4) is 0 Å². The molecule has 1 aliphatic heterocycles. The van der Waals surface area contributed by atoms with E-state index in [1.807, 2.05) is 23.9 Å². The van der Waals surface area contributed by atoms with Crippen LogP contribution in [0.4, 0.5) is 5.69 Å². The van der Waals surface area contributed by atoms with E-state index in [4.69, 9.17) is 11.6 Å². The molecule has 2 N–H and O–H groups in total. The number of carbonyl (C=O) groups excluding carboxylic acids is 1. The van der Waals surface area contributed by atoms with Crippen LogP contribution >= 0.6 is 23.4 Å². The van der Waals surface area contributed by atoms with Crippen LogP contribution in [0.15, 0.2) is 24.3 Å². The summed E-state index contributed by atoms with van der Waals surface area (Å²) in [7, 11) is 0. The highest BCUT2D eigenvalue weighted by Gasteiger charge is 2.28. The Morgan fingerprint density at radius 1 is 1.47 bits per heavy atom. The lowest BCUT2D eigenvalue weighted by atomic mass is 10.1. The van der Waals surface area contributed by atoms with E-state index < -0.39 is 0 Å². The number of nitrogens with one attached hydrogen (secondary N) is 2. The average molecular weight is 299 g/mol. The molecule has 19 heavy (non-hydrogen) atoms. The van der Waals surface area contributed by atoms with Gasteiger partial charge in [-0.25, -0.2) is 0 Å². The number of hydrogen-bond donors (Lipinski definition) is 2. The van der Waals surface area contributed by atoms with E-state index in [-0.39, 0.29) is 10.7 Å². The topological polar surface area (TPSA) is 41.1 Å². The van der Waals surface area contributed by atoms with E-state index in [1.165, 1.54) is 18.6 Å². The number of amides is 1. The molecule has 1 heterocycles. The van der Waals surface area contributed by atoms with Crippen LogP contribution in [0, 0.1) is 0 Å². The summed E-state index contributed by atoms with van der Waals surface area (Å²) in [5, 5.41) is 6.60. The van der Waals surface area contributed by atoms with Crippen molar-refractivity contribution >= 4 is 35.0 Å². The first-order valence-corrected chi connectivity index (χ1v) is 7.84. The number of rotatable bonds is 5. The average Bonchev–Trinajstić information content (AvgIpc) is 2.79. The molecule has 1 unspecified atom stereocenters. The van der Waals surface area contributed by atoms with Gasteiger partial charge in [0.1, 0.15) is 0 Å². The third-order valence-electron chi connectivity index (χ3n) is 3.23. The van der Waals surface area contributed by atoms with E-state index in [0.717, 1.165) is 6.54 Å². The van der Waals surface area contributed by atoms with Crippen molar-refractivity contribution in [3.05, 3.63) is 29.3 Å². The summed E-state index contributed by atoms with van der Waals surface area (Å²) in [5.41, 5.74) is 0.664. The molecule has 0 saturated carbocycles. The van der Waals surface area contributed by atoms with Crippen LogP contribution in [0.2, 0.25) is 5.02 Å². The molecule has 1 atom stereocenters. The number of halogens is 1. The molecule has 1 amide bonds. The van der Waals surface area contributed by atoms with Crippen LogP contribution in [-0.4, -0.2) is 29.5 Å². The van der Waals surface area contributed by atoms with Gasteiger partial charge in [0, 0.05) is 11.3 Å². The quantitative estimate of drug-likeness (QED) is 0.877. The third kappa shape index (κ3) is 4.41. The van der Waals surface area contributed by atoms with Gasteiger partial charge in [0.2, 0.25) is 5.91 Å². The Balaban J connectivity index is 1.74. The third-order valence-corrected chi connectivity index (χ3v) is 5.10. The molecule has 1 aromatic carbocycles. The second kappa shape index (κ2) is 6.64. The highest BCUT2D eigenvalue weighted by atomic mass is 35.5. The minimum Gasteiger partial charge on any atom is -0.324 e. The molecular weight excluding hydrogens is 280 g/mol. The van der Waals surface area contributed by atoms with E-state index in [1.54, 1.807) is 12.1 Å². The van der Waals surface area contributed by atoms with Gasteiger partial charge >= 0.3 is 0 Å². The molecule has 0 aliphatic carbocycles. The van der Waals surface area contributed by atoms with E-state index in [2.05, 4.69) is 17.6 Å². The molecule has 0 aromatic heterocycles. The van der Waals surface area contributed by atoms with Gasteiger partial charge in [0.05, 0.1) is 17.3 Å². The summed E-state index contributed by atoms with van der Waals surface area (Å²) in [4.78, 5) is 11.8. The van der Waals surface area contributed by atoms with Gasteiger partial charge in [-0.05, 0) is 37.7 Å². The normalized spacial score (nSPS) is 22.4. The lowest BCUT2D eigenvalue weighted by molar-refractivity contribution is -0.115. The fourth-order valence-corrected chi connectivity index (χ4v) is 3.63. The lowest BCUT2D eigenvalue weighted by Gasteiger charge is -2.22. The van der Waals surface area contributed by atoms with Crippen LogP contribution < -0.4 is 10.6 Å². The monoisotopic (exact) mass is 298 g/mol. The smallest absolute Gasteiger partial charge is 0.238 e. The van der Waals surface area contributed by atoms with Crippen molar-refractivity contribution in [3.8, 4) is 0 Å². The number of hydrogen-bond acceptors (Lipinski definition) is 3. The van der Waals surface area contributed by atoms with Gasteiger partial charge in [-0.1, -0.05) is 23.7 Å². The van der Waals surface area contributed by atoms with Crippen molar-refractivity contribution in [1.82, 2.24) is 5.32 Å². The molecule has 104 valence electrons. The van der Waals surface area contributed by atoms with Gasteiger partial charge < -0.3 is 10.6 Å². The highest BCUT2D eigenvalue weighted by Crippen LogP contribution is 2.36. The Labute approximate surface area is 123 Å². The fraction of sp³-hybridized carbons (Fsp3) is 0.500.